The molecular formula is C20H23F2N9. The molecule has 4 aromatic rings. The molecule has 2 N–H and O–H groups in total. The highest BCUT2D eigenvalue weighted by molar-refractivity contribution is 5.89. The number of rotatable bonds is 4. The van der Waals surface area contributed by atoms with Crippen molar-refractivity contribution in [3.05, 3.63) is 36.3 Å². The van der Waals surface area contributed by atoms with Gasteiger partial charge in [-0.2, -0.15) is 10.1 Å². The molecule has 1 atom stereocenters. The average molecular weight is 427 g/mol. The summed E-state index contributed by atoms with van der Waals surface area (Å²) >= 11 is 0. The van der Waals surface area contributed by atoms with Crippen LogP contribution in [0.25, 0.3) is 22.4 Å². The van der Waals surface area contributed by atoms with E-state index in [1.807, 2.05) is 25.3 Å². The molecule has 31 heavy (non-hydrogen) atoms. The van der Waals surface area contributed by atoms with Gasteiger partial charge in [-0.3, -0.25) is 0 Å². The van der Waals surface area contributed by atoms with E-state index >= 15 is 0 Å². The van der Waals surface area contributed by atoms with Crippen LogP contribution in [0.4, 0.5) is 20.5 Å². The first kappa shape index (κ1) is 19.6. The van der Waals surface area contributed by atoms with Crippen LogP contribution in [-0.2, 0) is 0 Å². The monoisotopic (exact) mass is 427 g/mol. The molecular weight excluding hydrogens is 404 g/mol. The number of hydrogen-bond donors (Lipinski definition) is 2. The summed E-state index contributed by atoms with van der Waals surface area (Å²) < 4.78 is 32.4. The van der Waals surface area contributed by atoms with Gasteiger partial charge in [-0.05, 0) is 38.1 Å². The second kappa shape index (κ2) is 7.12. The maximum atomic E-state index is 14.5. The average Bonchev–Trinajstić information content (AvgIpc) is 3.31. The van der Waals surface area contributed by atoms with Gasteiger partial charge in [-0.25, -0.2) is 22.8 Å². The van der Waals surface area contributed by atoms with Gasteiger partial charge in [-0.15, -0.1) is 5.10 Å². The number of fused-ring (bicyclic) bond motifs is 2. The molecule has 5 rings (SSSR count). The van der Waals surface area contributed by atoms with Crippen molar-refractivity contribution in [1.82, 2.24) is 34.1 Å². The molecule has 0 saturated carbocycles. The van der Waals surface area contributed by atoms with E-state index in [1.165, 1.54) is 0 Å². The minimum atomic E-state index is -2.87. The van der Waals surface area contributed by atoms with Crippen molar-refractivity contribution in [2.75, 3.05) is 37.8 Å². The number of imidazole rings is 1. The molecule has 4 aromatic heterocycles. The fourth-order valence-corrected chi connectivity index (χ4v) is 4.15. The van der Waals surface area contributed by atoms with Crippen LogP contribution in [0.2, 0.25) is 0 Å². The molecule has 11 heteroatoms. The van der Waals surface area contributed by atoms with Gasteiger partial charge < -0.3 is 15.5 Å². The summed E-state index contributed by atoms with van der Waals surface area (Å²) in [4.78, 5) is 10.4. The van der Waals surface area contributed by atoms with Crippen LogP contribution in [-0.4, -0.2) is 73.2 Å². The Hall–Kier alpha value is -3.34. The second-order valence-corrected chi connectivity index (χ2v) is 7.95. The van der Waals surface area contributed by atoms with E-state index in [-0.39, 0.29) is 12.5 Å². The Bertz CT molecular complexity index is 1260. The summed E-state index contributed by atoms with van der Waals surface area (Å²) in [5, 5.41) is 15.1. The number of halogens is 2. The zero-order chi connectivity index (χ0) is 21.8. The predicted octanol–water partition coefficient (Wildman–Crippen LogP) is 2.54. The summed E-state index contributed by atoms with van der Waals surface area (Å²) in [7, 11) is 3.44. The summed E-state index contributed by atoms with van der Waals surface area (Å²) in [6.45, 7) is 2.26. The Morgan fingerprint density at radius 2 is 2.03 bits per heavy atom. The Kier molecular flexibility index (Phi) is 4.50. The summed E-state index contributed by atoms with van der Waals surface area (Å²) in [6, 6.07) is 2.77. The highest BCUT2D eigenvalue weighted by Gasteiger charge is 2.44. The Morgan fingerprint density at radius 1 is 1.19 bits per heavy atom. The van der Waals surface area contributed by atoms with Gasteiger partial charge in [-0.1, -0.05) is 0 Å². The number of anilines is 2. The SMILES string of the molecule is CNc1nc(NC2CCN(C)CC2(F)F)nn2cc(C)c(-c3ccc4nccn4n3)c12. The number of aryl methyl sites for hydroxylation is 1. The molecule has 5 heterocycles. The Morgan fingerprint density at radius 3 is 2.81 bits per heavy atom. The Balaban J connectivity index is 1.57. The third-order valence-corrected chi connectivity index (χ3v) is 5.66. The Labute approximate surface area is 177 Å². The van der Waals surface area contributed by atoms with E-state index in [0.717, 1.165) is 28.0 Å². The highest BCUT2D eigenvalue weighted by atomic mass is 19.3. The first-order valence-corrected chi connectivity index (χ1v) is 10.1. The molecule has 9 nitrogen and oxygen atoms in total. The standard InChI is InChI=1S/C20H23F2N9/c1-12-10-31-17(16(12)13-4-5-15-24-7-9-30(15)27-13)18(23-2)26-19(28-31)25-14-6-8-29(3)11-20(14,21)22/h4-5,7,9-10,14H,6,8,11H2,1-3H3,(H2,23,25,26,28). The molecule has 162 valence electrons. The van der Waals surface area contributed by atoms with Crippen LogP contribution >= 0.6 is 0 Å². The van der Waals surface area contributed by atoms with Crippen LogP contribution in [0.1, 0.15) is 12.0 Å². The molecule has 0 spiro atoms. The van der Waals surface area contributed by atoms with Crippen LogP contribution in [0.15, 0.2) is 30.7 Å². The van der Waals surface area contributed by atoms with Gasteiger partial charge in [0.05, 0.1) is 18.3 Å². The predicted molar refractivity (Wildman–Crippen MR) is 114 cm³/mol. The van der Waals surface area contributed by atoms with E-state index in [9.17, 15) is 8.78 Å². The van der Waals surface area contributed by atoms with Crippen molar-refractivity contribution >= 4 is 22.9 Å². The minimum absolute atomic E-state index is 0.158. The zero-order valence-electron chi connectivity index (χ0n) is 17.5. The molecule has 1 saturated heterocycles. The van der Waals surface area contributed by atoms with Crippen molar-refractivity contribution in [3.63, 3.8) is 0 Å². The first-order valence-electron chi connectivity index (χ1n) is 10.1. The fraction of sp³-hybridized carbons (Fsp3) is 0.400. The quantitative estimate of drug-likeness (QED) is 0.518. The van der Waals surface area contributed by atoms with Crippen LogP contribution in [0.3, 0.4) is 0 Å². The fourth-order valence-electron chi connectivity index (χ4n) is 4.15. The van der Waals surface area contributed by atoms with Crippen LogP contribution in [0.5, 0.6) is 0 Å². The third-order valence-electron chi connectivity index (χ3n) is 5.66. The maximum Gasteiger partial charge on any atom is 0.280 e. The molecule has 1 fully saturated rings. The summed E-state index contributed by atoms with van der Waals surface area (Å²) in [6.07, 6.45) is 5.64. The van der Waals surface area contributed by atoms with Gasteiger partial charge in [0.15, 0.2) is 11.5 Å². The molecule has 1 unspecified atom stereocenters. The number of piperidine rings is 1. The van der Waals surface area contributed by atoms with Crippen molar-refractivity contribution in [2.24, 2.45) is 0 Å². The lowest BCUT2D eigenvalue weighted by Crippen LogP contribution is -2.53. The number of alkyl halides is 2. The molecule has 0 amide bonds. The maximum absolute atomic E-state index is 14.5. The lowest BCUT2D eigenvalue weighted by atomic mass is 10.0. The van der Waals surface area contributed by atoms with Crippen molar-refractivity contribution in [1.29, 1.82) is 0 Å². The largest absolute Gasteiger partial charge is 0.371 e. The van der Waals surface area contributed by atoms with Crippen LogP contribution in [0, 0.1) is 6.92 Å². The van der Waals surface area contributed by atoms with Gasteiger partial charge in [0.1, 0.15) is 5.52 Å². The number of nitrogens with one attached hydrogen (secondary N) is 2. The zero-order valence-corrected chi connectivity index (χ0v) is 17.5. The van der Waals surface area contributed by atoms with Crippen molar-refractivity contribution in [2.45, 2.75) is 25.3 Å². The van der Waals surface area contributed by atoms with E-state index < -0.39 is 12.0 Å². The van der Waals surface area contributed by atoms with Gasteiger partial charge in [0, 0.05) is 37.7 Å². The van der Waals surface area contributed by atoms with Gasteiger partial charge in [0.2, 0.25) is 5.95 Å². The molecule has 0 radical (unpaired) electrons. The third kappa shape index (κ3) is 3.34. The van der Waals surface area contributed by atoms with E-state index in [0.29, 0.717) is 18.8 Å². The number of aromatic nitrogens is 6. The second-order valence-electron chi connectivity index (χ2n) is 7.95. The number of likely N-dealkylation sites (tertiary alicyclic amines) is 1. The van der Waals surface area contributed by atoms with E-state index in [2.05, 4.69) is 30.8 Å². The molecule has 0 bridgehead atoms. The van der Waals surface area contributed by atoms with E-state index in [4.69, 9.17) is 0 Å². The molecule has 0 aliphatic carbocycles. The summed E-state index contributed by atoms with van der Waals surface area (Å²) in [5.74, 6) is -2.18. The lowest BCUT2D eigenvalue weighted by molar-refractivity contribution is -0.0675. The lowest BCUT2D eigenvalue weighted by Gasteiger charge is -2.36. The van der Waals surface area contributed by atoms with Crippen molar-refractivity contribution in [3.8, 4) is 11.3 Å². The molecule has 1 aliphatic heterocycles. The van der Waals surface area contributed by atoms with Gasteiger partial charge >= 0.3 is 0 Å². The number of nitrogens with zero attached hydrogens (tertiary/aromatic N) is 7. The molecule has 0 aromatic carbocycles. The highest BCUT2D eigenvalue weighted by Crippen LogP contribution is 2.33. The van der Waals surface area contributed by atoms with E-state index in [1.54, 1.807) is 40.4 Å². The summed E-state index contributed by atoms with van der Waals surface area (Å²) in [5.41, 5.74) is 4.04. The smallest absolute Gasteiger partial charge is 0.280 e. The van der Waals surface area contributed by atoms with Crippen molar-refractivity contribution < 1.29 is 8.78 Å². The first-order chi connectivity index (χ1) is 14.9. The molecule has 1 aliphatic rings. The normalized spacial score (nSPS) is 19.2. The van der Waals surface area contributed by atoms with Crippen LogP contribution < -0.4 is 10.6 Å². The number of hydrogen-bond acceptors (Lipinski definition) is 7. The van der Waals surface area contributed by atoms with Gasteiger partial charge in [0.25, 0.3) is 5.92 Å². The topological polar surface area (TPSA) is 87.7 Å². The minimum Gasteiger partial charge on any atom is -0.371 e.